The van der Waals surface area contributed by atoms with Gasteiger partial charge in [0.25, 0.3) is 0 Å². The van der Waals surface area contributed by atoms with Crippen LogP contribution in [0.5, 0.6) is 0 Å². The molecule has 0 saturated heterocycles. The number of carbonyl (C=O) groups excluding carboxylic acids is 1. The van der Waals surface area contributed by atoms with Gasteiger partial charge in [0, 0.05) is 12.2 Å². The van der Waals surface area contributed by atoms with Crippen molar-refractivity contribution in [3.05, 3.63) is 11.6 Å². The third-order valence-corrected chi connectivity index (χ3v) is 4.83. The van der Waals surface area contributed by atoms with Crippen LogP contribution in [0.2, 0.25) is 0 Å². The van der Waals surface area contributed by atoms with E-state index in [1.165, 1.54) is 0 Å². The lowest BCUT2D eigenvalue weighted by atomic mass is 9.76. The maximum Gasteiger partial charge on any atom is 0.156 e. The molecule has 17 heavy (non-hydrogen) atoms. The minimum absolute atomic E-state index is 0.0182. The first-order valence-corrected chi connectivity index (χ1v) is 7.99. The summed E-state index contributed by atoms with van der Waals surface area (Å²) in [5, 5.41) is 0. The second-order valence-corrected chi connectivity index (χ2v) is 7.99. The minimum Gasteiger partial charge on any atom is -0.295 e. The van der Waals surface area contributed by atoms with E-state index in [1.807, 2.05) is 6.92 Å². The summed E-state index contributed by atoms with van der Waals surface area (Å²) in [5.41, 5.74) is 0.973. The molecule has 98 valence electrons. The Kier molecular flexibility index (Phi) is 4.53. The molecule has 0 aromatic heterocycles. The Labute approximate surface area is 104 Å². The summed E-state index contributed by atoms with van der Waals surface area (Å²) in [5.74, 6) is 0.553. The van der Waals surface area contributed by atoms with E-state index < -0.39 is 9.84 Å². The Morgan fingerprint density at radius 3 is 2.41 bits per heavy atom. The van der Waals surface area contributed by atoms with Crippen molar-refractivity contribution in [1.82, 2.24) is 0 Å². The first-order chi connectivity index (χ1) is 7.74. The number of hydrogen-bond donors (Lipinski definition) is 0. The van der Waals surface area contributed by atoms with Crippen LogP contribution in [0.25, 0.3) is 0 Å². The molecule has 1 aliphatic carbocycles. The summed E-state index contributed by atoms with van der Waals surface area (Å²) in [6.45, 7) is 5.97. The Morgan fingerprint density at radius 1 is 1.24 bits per heavy atom. The van der Waals surface area contributed by atoms with Crippen molar-refractivity contribution < 1.29 is 13.2 Å². The fraction of sp³-hybridized carbons (Fsp3) is 0.769. The number of rotatable bonds is 5. The molecule has 0 unspecified atom stereocenters. The van der Waals surface area contributed by atoms with E-state index in [4.69, 9.17) is 0 Å². The standard InChI is InChI=1S/C13H22O3S/c1-4-6-17(15,16)7-5-11-8-12(14)10-13(2,3)9-11/h8H,4-7,9-10H2,1-3H3. The van der Waals surface area contributed by atoms with Crippen molar-refractivity contribution >= 4 is 15.6 Å². The van der Waals surface area contributed by atoms with E-state index >= 15 is 0 Å². The Morgan fingerprint density at radius 2 is 1.88 bits per heavy atom. The van der Waals surface area contributed by atoms with Gasteiger partial charge in [-0.15, -0.1) is 0 Å². The maximum absolute atomic E-state index is 11.6. The number of sulfone groups is 1. The second-order valence-electron chi connectivity index (χ2n) is 5.69. The maximum atomic E-state index is 11.6. The molecule has 0 aliphatic heterocycles. The van der Waals surface area contributed by atoms with Gasteiger partial charge in [0.1, 0.15) is 0 Å². The van der Waals surface area contributed by atoms with Gasteiger partial charge in [-0.2, -0.15) is 0 Å². The first kappa shape index (κ1) is 14.4. The van der Waals surface area contributed by atoms with Gasteiger partial charge in [0.15, 0.2) is 15.6 Å². The van der Waals surface area contributed by atoms with Crippen LogP contribution in [0.4, 0.5) is 0 Å². The van der Waals surface area contributed by atoms with Gasteiger partial charge >= 0.3 is 0 Å². The second kappa shape index (κ2) is 5.34. The van der Waals surface area contributed by atoms with Crippen molar-refractivity contribution in [2.24, 2.45) is 5.41 Å². The van der Waals surface area contributed by atoms with Crippen molar-refractivity contribution in [3.8, 4) is 0 Å². The van der Waals surface area contributed by atoms with E-state index in [-0.39, 0.29) is 22.7 Å². The normalized spacial score (nSPS) is 20.2. The van der Waals surface area contributed by atoms with Gasteiger partial charge in [-0.25, -0.2) is 8.42 Å². The lowest BCUT2D eigenvalue weighted by molar-refractivity contribution is -0.117. The SMILES string of the molecule is CCCS(=O)(=O)CCC1=CC(=O)CC(C)(C)C1. The molecule has 0 amide bonds. The molecule has 0 saturated carbocycles. The summed E-state index contributed by atoms with van der Waals surface area (Å²) >= 11 is 0. The molecule has 1 aliphatic rings. The minimum atomic E-state index is -2.94. The van der Waals surface area contributed by atoms with Gasteiger partial charge in [-0.1, -0.05) is 26.3 Å². The molecule has 0 aromatic carbocycles. The van der Waals surface area contributed by atoms with Gasteiger partial charge in [-0.05, 0) is 30.8 Å². The number of ketones is 1. The van der Waals surface area contributed by atoms with Crippen molar-refractivity contribution in [3.63, 3.8) is 0 Å². The topological polar surface area (TPSA) is 51.2 Å². The highest BCUT2D eigenvalue weighted by Gasteiger charge is 2.27. The molecule has 0 spiro atoms. The molecule has 0 radical (unpaired) electrons. The van der Waals surface area contributed by atoms with Crippen molar-refractivity contribution in [2.75, 3.05) is 11.5 Å². The zero-order chi connectivity index (χ0) is 13.1. The number of allylic oxidation sites excluding steroid dienone is 2. The fourth-order valence-corrected chi connectivity index (χ4v) is 3.74. The number of hydrogen-bond acceptors (Lipinski definition) is 3. The van der Waals surface area contributed by atoms with Gasteiger partial charge in [0.2, 0.25) is 0 Å². The highest BCUT2D eigenvalue weighted by molar-refractivity contribution is 7.91. The van der Waals surface area contributed by atoms with Crippen LogP contribution in [0, 0.1) is 5.41 Å². The van der Waals surface area contributed by atoms with Crippen LogP contribution in [-0.2, 0) is 14.6 Å². The lowest BCUT2D eigenvalue weighted by Gasteiger charge is -2.28. The van der Waals surface area contributed by atoms with Crippen LogP contribution in [-0.4, -0.2) is 25.7 Å². The van der Waals surface area contributed by atoms with Gasteiger partial charge in [0.05, 0.1) is 5.75 Å². The van der Waals surface area contributed by atoms with Crippen molar-refractivity contribution in [2.45, 2.75) is 46.5 Å². The lowest BCUT2D eigenvalue weighted by Crippen LogP contribution is -2.23. The molecular weight excluding hydrogens is 236 g/mol. The molecule has 0 aromatic rings. The van der Waals surface area contributed by atoms with Crippen LogP contribution in [0.1, 0.15) is 46.5 Å². The molecule has 0 heterocycles. The predicted molar refractivity (Wildman–Crippen MR) is 69.7 cm³/mol. The van der Waals surface area contributed by atoms with Crippen LogP contribution in [0.15, 0.2) is 11.6 Å². The van der Waals surface area contributed by atoms with E-state index in [9.17, 15) is 13.2 Å². The van der Waals surface area contributed by atoms with Gasteiger partial charge in [-0.3, -0.25) is 4.79 Å². The smallest absolute Gasteiger partial charge is 0.156 e. The molecule has 3 nitrogen and oxygen atoms in total. The summed E-state index contributed by atoms with van der Waals surface area (Å²) in [4.78, 5) is 11.5. The molecule has 0 N–H and O–H groups in total. The molecular formula is C13H22O3S. The predicted octanol–water partition coefficient (Wildman–Crippen LogP) is 2.52. The van der Waals surface area contributed by atoms with Crippen LogP contribution < -0.4 is 0 Å². The van der Waals surface area contributed by atoms with E-state index in [0.717, 1.165) is 12.0 Å². The molecule has 4 heteroatoms. The Bertz CT molecular complexity index is 416. The molecule has 0 fully saturated rings. The highest BCUT2D eigenvalue weighted by atomic mass is 32.2. The van der Waals surface area contributed by atoms with E-state index in [2.05, 4.69) is 13.8 Å². The quantitative estimate of drug-likeness (QED) is 0.761. The Hall–Kier alpha value is -0.640. The third kappa shape index (κ3) is 5.02. The average Bonchev–Trinajstić information content (AvgIpc) is 2.11. The van der Waals surface area contributed by atoms with Gasteiger partial charge < -0.3 is 0 Å². The summed E-state index contributed by atoms with van der Waals surface area (Å²) in [6, 6.07) is 0. The number of carbonyl (C=O) groups is 1. The fourth-order valence-electron chi connectivity index (χ4n) is 2.34. The average molecular weight is 258 g/mol. The zero-order valence-corrected chi connectivity index (χ0v) is 11.8. The summed E-state index contributed by atoms with van der Waals surface area (Å²) in [6.07, 6.45) is 4.22. The largest absolute Gasteiger partial charge is 0.295 e. The Balaban J connectivity index is 2.61. The van der Waals surface area contributed by atoms with Crippen LogP contribution in [0.3, 0.4) is 0 Å². The van der Waals surface area contributed by atoms with E-state index in [1.54, 1.807) is 6.08 Å². The zero-order valence-electron chi connectivity index (χ0n) is 11.0. The first-order valence-electron chi connectivity index (χ1n) is 6.17. The summed E-state index contributed by atoms with van der Waals surface area (Å²) in [7, 11) is -2.94. The van der Waals surface area contributed by atoms with Crippen molar-refractivity contribution in [1.29, 1.82) is 0 Å². The third-order valence-electron chi connectivity index (χ3n) is 2.97. The van der Waals surface area contributed by atoms with E-state index in [0.29, 0.717) is 19.3 Å². The summed E-state index contributed by atoms with van der Waals surface area (Å²) < 4.78 is 23.2. The van der Waals surface area contributed by atoms with Crippen LogP contribution >= 0.6 is 0 Å². The molecule has 0 atom stereocenters. The highest BCUT2D eigenvalue weighted by Crippen LogP contribution is 2.34. The monoisotopic (exact) mass is 258 g/mol. The molecule has 1 rings (SSSR count). The molecule has 0 bridgehead atoms.